The highest BCUT2D eigenvalue weighted by Gasteiger charge is 2.23. The maximum absolute atomic E-state index is 12.0. The number of amides is 1. The lowest BCUT2D eigenvalue weighted by molar-refractivity contribution is -0.111. The second kappa shape index (κ2) is 13.3. The number of methoxy groups -OCH3 is 1. The van der Waals surface area contributed by atoms with Crippen LogP contribution in [0.5, 0.6) is 0 Å². The molecule has 1 aliphatic rings. The van der Waals surface area contributed by atoms with Gasteiger partial charge in [-0.3, -0.25) is 9.78 Å². The summed E-state index contributed by atoms with van der Waals surface area (Å²) in [4.78, 5) is 26.6. The van der Waals surface area contributed by atoms with Crippen molar-refractivity contribution in [2.24, 2.45) is 0 Å². The quantitative estimate of drug-likeness (QED) is 0.166. The fourth-order valence-electron chi connectivity index (χ4n) is 5.93. The van der Waals surface area contributed by atoms with Gasteiger partial charge >= 0.3 is 0 Å². The highest BCUT2D eigenvalue weighted by Crippen LogP contribution is 2.32. The average molecular weight is 603 g/mol. The summed E-state index contributed by atoms with van der Waals surface area (Å²) in [7, 11) is 1.79. The van der Waals surface area contributed by atoms with Crippen molar-refractivity contribution < 1.29 is 9.53 Å². The largest absolute Gasteiger partial charge is 0.381 e. The third kappa shape index (κ3) is 6.59. The van der Waals surface area contributed by atoms with Crippen molar-refractivity contribution in [2.45, 2.75) is 71.1 Å². The number of carbonyl (C=O) groups is 1. The first-order valence-corrected chi connectivity index (χ1v) is 15.4. The minimum Gasteiger partial charge on any atom is -0.381 e. The Balaban J connectivity index is 1.29. The lowest BCUT2D eigenvalue weighted by atomic mass is 9.93. The van der Waals surface area contributed by atoms with Gasteiger partial charge in [-0.2, -0.15) is 19.6 Å². The highest BCUT2D eigenvalue weighted by molar-refractivity contribution is 6.05. The van der Waals surface area contributed by atoms with Crippen LogP contribution in [-0.2, 0) is 16.1 Å². The summed E-state index contributed by atoms with van der Waals surface area (Å²) < 4.78 is 7.35. The zero-order valence-corrected chi connectivity index (χ0v) is 26.1. The number of nitrogens with zero attached hydrogens (tertiary/aromatic N) is 5. The summed E-state index contributed by atoms with van der Waals surface area (Å²) in [5.41, 5.74) is 5.48. The monoisotopic (exact) mass is 602 g/mol. The first-order valence-electron chi connectivity index (χ1n) is 15.4. The van der Waals surface area contributed by atoms with Crippen molar-refractivity contribution >= 4 is 39.9 Å². The number of hydrogen-bond donors (Lipinski definition) is 3. The van der Waals surface area contributed by atoms with E-state index in [2.05, 4.69) is 58.9 Å². The van der Waals surface area contributed by atoms with Gasteiger partial charge in [0.1, 0.15) is 0 Å². The molecule has 230 valence electrons. The SMILES string of the molecule is CC#CC(=O)Nc1ccc2c(-c3ccccc3CNc3nc(N[C@H]4CC[C@H](OC)CC4)nc4c(C(C)C)cnn34)nccc2c1. The molecule has 1 amide bonds. The molecule has 10 heteroatoms. The van der Waals surface area contributed by atoms with Crippen LogP contribution in [0.15, 0.2) is 60.9 Å². The van der Waals surface area contributed by atoms with E-state index in [-0.39, 0.29) is 11.8 Å². The summed E-state index contributed by atoms with van der Waals surface area (Å²) in [6.45, 7) is 6.43. The predicted molar refractivity (Wildman–Crippen MR) is 178 cm³/mol. The second-order valence-corrected chi connectivity index (χ2v) is 11.6. The van der Waals surface area contributed by atoms with Crippen molar-refractivity contribution in [1.29, 1.82) is 0 Å². The highest BCUT2D eigenvalue weighted by atomic mass is 16.5. The Labute approximate surface area is 263 Å². The van der Waals surface area contributed by atoms with Gasteiger partial charge in [-0.1, -0.05) is 50.1 Å². The normalized spacial score (nSPS) is 16.4. The Hall–Kier alpha value is -5.01. The Morgan fingerprint density at radius 2 is 1.91 bits per heavy atom. The van der Waals surface area contributed by atoms with Gasteiger partial charge in [0.2, 0.25) is 11.9 Å². The van der Waals surface area contributed by atoms with Gasteiger partial charge in [-0.05, 0) is 73.6 Å². The summed E-state index contributed by atoms with van der Waals surface area (Å²) in [6.07, 6.45) is 8.07. The molecular formula is C35H38N8O2. The van der Waals surface area contributed by atoms with E-state index >= 15 is 0 Å². The molecule has 6 rings (SSSR count). The molecule has 0 saturated heterocycles. The molecule has 2 aromatic carbocycles. The van der Waals surface area contributed by atoms with E-state index in [1.54, 1.807) is 24.7 Å². The van der Waals surface area contributed by atoms with Crippen LogP contribution in [-0.4, -0.2) is 49.7 Å². The molecular weight excluding hydrogens is 564 g/mol. The number of pyridine rings is 1. The Morgan fingerprint density at radius 1 is 1.09 bits per heavy atom. The van der Waals surface area contributed by atoms with E-state index < -0.39 is 0 Å². The number of aromatic nitrogens is 5. The molecule has 0 unspecified atom stereocenters. The molecule has 0 spiro atoms. The molecule has 1 aliphatic carbocycles. The van der Waals surface area contributed by atoms with Crippen LogP contribution in [0.1, 0.15) is 63.5 Å². The first kappa shape index (κ1) is 30.0. The molecule has 3 aromatic heterocycles. The van der Waals surface area contributed by atoms with E-state index in [4.69, 9.17) is 19.7 Å². The van der Waals surface area contributed by atoms with E-state index in [1.807, 2.05) is 42.6 Å². The third-order valence-corrected chi connectivity index (χ3v) is 8.33. The van der Waals surface area contributed by atoms with Crippen molar-refractivity contribution in [2.75, 3.05) is 23.1 Å². The minimum absolute atomic E-state index is 0.266. The van der Waals surface area contributed by atoms with E-state index in [0.29, 0.717) is 36.3 Å². The summed E-state index contributed by atoms with van der Waals surface area (Å²) in [6, 6.07) is 16.3. The summed E-state index contributed by atoms with van der Waals surface area (Å²) in [5.74, 6) is 6.30. The Morgan fingerprint density at radius 3 is 2.69 bits per heavy atom. The molecule has 3 heterocycles. The fraction of sp³-hybridized carbons (Fsp3) is 0.343. The van der Waals surface area contributed by atoms with Gasteiger partial charge in [0.05, 0.1) is 18.0 Å². The zero-order chi connectivity index (χ0) is 31.3. The number of hydrogen-bond acceptors (Lipinski definition) is 8. The van der Waals surface area contributed by atoms with Gasteiger partial charge in [0, 0.05) is 48.1 Å². The van der Waals surface area contributed by atoms with Gasteiger partial charge in [0.25, 0.3) is 5.91 Å². The average Bonchev–Trinajstić information content (AvgIpc) is 3.48. The lowest BCUT2D eigenvalue weighted by Gasteiger charge is -2.28. The predicted octanol–water partition coefficient (Wildman–Crippen LogP) is 6.41. The fourth-order valence-corrected chi connectivity index (χ4v) is 5.93. The summed E-state index contributed by atoms with van der Waals surface area (Å²) >= 11 is 0. The molecule has 1 fully saturated rings. The van der Waals surface area contributed by atoms with Crippen LogP contribution >= 0.6 is 0 Å². The van der Waals surface area contributed by atoms with Crippen LogP contribution in [0.4, 0.5) is 17.6 Å². The third-order valence-electron chi connectivity index (χ3n) is 8.33. The summed E-state index contributed by atoms with van der Waals surface area (Å²) in [5, 5.41) is 16.6. The van der Waals surface area contributed by atoms with Crippen molar-refractivity contribution in [1.82, 2.24) is 24.6 Å². The number of rotatable bonds is 9. The molecule has 0 radical (unpaired) electrons. The number of fused-ring (bicyclic) bond motifs is 2. The number of nitrogens with one attached hydrogen (secondary N) is 3. The lowest BCUT2D eigenvalue weighted by Crippen LogP contribution is -2.30. The van der Waals surface area contributed by atoms with Crippen LogP contribution in [0.2, 0.25) is 0 Å². The number of carbonyl (C=O) groups excluding carboxylic acids is 1. The Bertz CT molecular complexity index is 1900. The molecule has 0 aliphatic heterocycles. The number of anilines is 3. The number of benzene rings is 2. The Kier molecular flexibility index (Phi) is 8.89. The smallest absolute Gasteiger partial charge is 0.300 e. The van der Waals surface area contributed by atoms with Crippen LogP contribution in [0.25, 0.3) is 27.7 Å². The van der Waals surface area contributed by atoms with Gasteiger partial charge in [0.15, 0.2) is 5.65 Å². The molecule has 45 heavy (non-hydrogen) atoms. The van der Waals surface area contributed by atoms with E-state index in [1.165, 1.54) is 0 Å². The molecule has 0 bridgehead atoms. The maximum Gasteiger partial charge on any atom is 0.300 e. The minimum atomic E-state index is -0.337. The number of ether oxygens (including phenoxy) is 1. The van der Waals surface area contributed by atoms with Crippen LogP contribution in [0.3, 0.4) is 0 Å². The topological polar surface area (TPSA) is 118 Å². The standard InChI is InChI=1S/C35H38N8O2/c1-5-8-31(44)39-26-13-16-29-23(19-26)17-18-36-32(29)28-10-7-6-9-24(28)20-37-35-42-34(40-25-11-14-27(45-4)15-12-25)41-33-30(22(2)3)21-38-43(33)35/h6-7,9-10,13,16-19,21-22,25,27H,11-12,14-15,20H2,1-4H3,(H,39,44)(H2,37,40,41,42)/t25-,27-. The van der Waals surface area contributed by atoms with Crippen LogP contribution in [0, 0.1) is 11.8 Å². The van der Waals surface area contributed by atoms with Crippen molar-refractivity contribution in [3.8, 4) is 23.1 Å². The van der Waals surface area contributed by atoms with Gasteiger partial charge in [-0.25, -0.2) is 0 Å². The zero-order valence-electron chi connectivity index (χ0n) is 26.1. The molecule has 5 aromatic rings. The second-order valence-electron chi connectivity index (χ2n) is 11.6. The van der Waals surface area contributed by atoms with Gasteiger partial charge in [-0.15, -0.1) is 0 Å². The van der Waals surface area contributed by atoms with E-state index in [0.717, 1.165) is 64.5 Å². The molecule has 1 saturated carbocycles. The molecule has 0 atom stereocenters. The van der Waals surface area contributed by atoms with Gasteiger partial charge < -0.3 is 20.7 Å². The first-order chi connectivity index (χ1) is 21.9. The van der Waals surface area contributed by atoms with Crippen molar-refractivity contribution in [3.63, 3.8) is 0 Å². The van der Waals surface area contributed by atoms with Crippen LogP contribution < -0.4 is 16.0 Å². The molecule has 3 N–H and O–H groups in total. The van der Waals surface area contributed by atoms with Crippen molar-refractivity contribution in [3.05, 3.63) is 72.1 Å². The maximum atomic E-state index is 12.0. The molecule has 10 nitrogen and oxygen atoms in total. The van der Waals surface area contributed by atoms with E-state index in [9.17, 15) is 4.79 Å².